The van der Waals surface area contributed by atoms with E-state index in [0.717, 1.165) is 30.0 Å². The van der Waals surface area contributed by atoms with E-state index < -0.39 is 0 Å². The summed E-state index contributed by atoms with van der Waals surface area (Å²) in [5.74, 6) is -0.287. The van der Waals surface area contributed by atoms with Crippen molar-refractivity contribution in [2.24, 2.45) is 0 Å². The van der Waals surface area contributed by atoms with Crippen LogP contribution in [0.5, 0.6) is 0 Å². The fourth-order valence-electron chi connectivity index (χ4n) is 2.06. The van der Waals surface area contributed by atoms with Gasteiger partial charge in [0.25, 0.3) is 0 Å². The van der Waals surface area contributed by atoms with Crippen LogP contribution in [0.1, 0.15) is 37.7 Å². The lowest BCUT2D eigenvalue weighted by Gasteiger charge is -2.11. The first kappa shape index (κ1) is 15.1. The Kier molecular flexibility index (Phi) is 4.88. The molecule has 0 radical (unpaired) electrons. The van der Waals surface area contributed by atoms with E-state index in [1.165, 1.54) is 6.07 Å². The summed E-state index contributed by atoms with van der Waals surface area (Å²) in [7, 11) is 0. The number of halogens is 2. The van der Waals surface area contributed by atoms with Crippen molar-refractivity contribution in [3.05, 3.63) is 39.9 Å². The molecule has 2 rings (SSSR count). The second kappa shape index (κ2) is 6.45. The molecule has 0 spiro atoms. The number of nitrogens with one attached hydrogen (secondary N) is 1. The van der Waals surface area contributed by atoms with E-state index in [0.29, 0.717) is 4.47 Å². The molecule has 1 atom stereocenters. The van der Waals surface area contributed by atoms with E-state index in [1.807, 2.05) is 6.92 Å². The number of nitrogens with zero attached hydrogens (tertiary/aromatic N) is 3. The summed E-state index contributed by atoms with van der Waals surface area (Å²) in [5.41, 5.74) is 2.66. The molecular weight excluding hydrogens is 323 g/mol. The number of hydrogen-bond acceptors (Lipinski definition) is 3. The monoisotopic (exact) mass is 340 g/mol. The average molecular weight is 341 g/mol. The van der Waals surface area contributed by atoms with Gasteiger partial charge < -0.3 is 5.32 Å². The van der Waals surface area contributed by atoms with E-state index in [1.54, 1.807) is 16.8 Å². The Morgan fingerprint density at radius 3 is 2.85 bits per heavy atom. The first-order chi connectivity index (χ1) is 9.54. The van der Waals surface area contributed by atoms with Gasteiger partial charge in [0.2, 0.25) is 0 Å². The smallest absolute Gasteiger partial charge is 0.137 e. The molecule has 2 aromatic rings. The maximum absolute atomic E-state index is 13.3. The Morgan fingerprint density at radius 1 is 1.45 bits per heavy atom. The average Bonchev–Trinajstić information content (AvgIpc) is 2.81. The molecule has 1 heterocycles. The van der Waals surface area contributed by atoms with Gasteiger partial charge in [-0.05, 0) is 60.9 Å². The first-order valence-corrected chi connectivity index (χ1v) is 7.45. The molecule has 0 bridgehead atoms. The van der Waals surface area contributed by atoms with E-state index in [2.05, 4.69) is 45.4 Å². The van der Waals surface area contributed by atoms with Crippen LogP contribution in [0.4, 0.5) is 4.39 Å². The normalized spacial score (nSPS) is 12.7. The van der Waals surface area contributed by atoms with Crippen LogP contribution < -0.4 is 5.32 Å². The third kappa shape index (κ3) is 3.07. The summed E-state index contributed by atoms with van der Waals surface area (Å²) in [6.07, 6.45) is 1.07. The molecule has 0 aliphatic carbocycles. The molecule has 6 heteroatoms. The van der Waals surface area contributed by atoms with E-state index >= 15 is 0 Å². The topological polar surface area (TPSA) is 42.7 Å². The van der Waals surface area contributed by atoms with Crippen molar-refractivity contribution in [2.45, 2.75) is 33.2 Å². The quantitative estimate of drug-likeness (QED) is 0.905. The zero-order valence-corrected chi connectivity index (χ0v) is 13.4. The highest BCUT2D eigenvalue weighted by Crippen LogP contribution is 2.22. The lowest BCUT2D eigenvalue weighted by Crippen LogP contribution is -2.20. The predicted molar refractivity (Wildman–Crippen MR) is 80.5 cm³/mol. The molecule has 1 unspecified atom stereocenters. The van der Waals surface area contributed by atoms with Gasteiger partial charge in [-0.3, -0.25) is 0 Å². The number of benzene rings is 1. The Morgan fingerprint density at radius 2 is 2.20 bits per heavy atom. The predicted octanol–water partition coefficient (Wildman–Crippen LogP) is 3.54. The van der Waals surface area contributed by atoms with Gasteiger partial charge in [0.05, 0.1) is 21.9 Å². The van der Waals surface area contributed by atoms with Gasteiger partial charge >= 0.3 is 0 Å². The van der Waals surface area contributed by atoms with Crippen LogP contribution in [0.15, 0.2) is 22.7 Å². The van der Waals surface area contributed by atoms with Crippen LogP contribution in [-0.2, 0) is 0 Å². The fourth-order valence-corrected chi connectivity index (χ4v) is 2.43. The standard InChI is InChI=1S/C14H18BrFN4/c1-4-7-17-9(2)14-10(3)20(19-18-14)11-5-6-13(16)12(15)8-11/h5-6,8-9,17H,4,7H2,1-3H3. The van der Waals surface area contributed by atoms with Crippen molar-refractivity contribution in [2.75, 3.05) is 6.54 Å². The molecule has 0 aliphatic rings. The number of hydrogen-bond donors (Lipinski definition) is 1. The molecule has 1 N–H and O–H groups in total. The largest absolute Gasteiger partial charge is 0.309 e. The van der Waals surface area contributed by atoms with Crippen molar-refractivity contribution in [3.8, 4) is 5.69 Å². The number of aromatic nitrogens is 3. The Balaban J connectivity index is 2.30. The van der Waals surface area contributed by atoms with Gasteiger partial charge in [0.15, 0.2) is 0 Å². The molecule has 0 saturated heterocycles. The second-order valence-electron chi connectivity index (χ2n) is 4.75. The third-order valence-electron chi connectivity index (χ3n) is 3.19. The van der Waals surface area contributed by atoms with E-state index in [-0.39, 0.29) is 11.9 Å². The molecule has 0 fully saturated rings. The van der Waals surface area contributed by atoms with Gasteiger partial charge in [0.1, 0.15) is 11.5 Å². The molecule has 1 aromatic carbocycles. The SMILES string of the molecule is CCCNC(C)c1nnn(-c2ccc(F)c(Br)c2)c1C. The minimum absolute atomic E-state index is 0.146. The maximum atomic E-state index is 13.3. The van der Waals surface area contributed by atoms with Gasteiger partial charge in [-0.2, -0.15) is 0 Å². The minimum atomic E-state index is -0.287. The molecule has 108 valence electrons. The summed E-state index contributed by atoms with van der Waals surface area (Å²) in [6, 6.07) is 4.95. The molecule has 4 nitrogen and oxygen atoms in total. The van der Waals surface area contributed by atoms with Crippen molar-refractivity contribution in [1.82, 2.24) is 20.3 Å². The van der Waals surface area contributed by atoms with Crippen LogP contribution >= 0.6 is 15.9 Å². The summed E-state index contributed by atoms with van der Waals surface area (Å²) in [4.78, 5) is 0. The lowest BCUT2D eigenvalue weighted by atomic mass is 10.2. The van der Waals surface area contributed by atoms with Crippen molar-refractivity contribution in [3.63, 3.8) is 0 Å². The van der Waals surface area contributed by atoms with Gasteiger partial charge in [-0.25, -0.2) is 9.07 Å². The molecule has 0 aliphatic heterocycles. The Bertz CT molecular complexity index is 597. The van der Waals surface area contributed by atoms with Crippen molar-refractivity contribution >= 4 is 15.9 Å². The fraction of sp³-hybridized carbons (Fsp3) is 0.429. The van der Waals surface area contributed by atoms with Crippen molar-refractivity contribution in [1.29, 1.82) is 0 Å². The third-order valence-corrected chi connectivity index (χ3v) is 3.80. The van der Waals surface area contributed by atoms with Crippen LogP contribution in [-0.4, -0.2) is 21.5 Å². The van der Waals surface area contributed by atoms with Crippen molar-refractivity contribution < 1.29 is 4.39 Å². The summed E-state index contributed by atoms with van der Waals surface area (Å²) < 4.78 is 15.4. The summed E-state index contributed by atoms with van der Waals surface area (Å²) in [5, 5.41) is 11.8. The van der Waals surface area contributed by atoms with Crippen LogP contribution in [0.25, 0.3) is 5.69 Å². The zero-order chi connectivity index (χ0) is 14.7. The molecular formula is C14H18BrFN4. The second-order valence-corrected chi connectivity index (χ2v) is 5.60. The molecule has 0 amide bonds. The summed E-state index contributed by atoms with van der Waals surface area (Å²) >= 11 is 3.19. The molecule has 1 aromatic heterocycles. The van der Waals surface area contributed by atoms with Crippen LogP contribution in [0, 0.1) is 12.7 Å². The van der Waals surface area contributed by atoms with Crippen LogP contribution in [0.2, 0.25) is 0 Å². The van der Waals surface area contributed by atoms with Gasteiger partial charge in [0, 0.05) is 0 Å². The van der Waals surface area contributed by atoms with E-state index in [9.17, 15) is 4.39 Å². The Labute approximate surface area is 126 Å². The lowest BCUT2D eigenvalue weighted by molar-refractivity contribution is 0.555. The Hall–Kier alpha value is -1.27. The highest BCUT2D eigenvalue weighted by atomic mass is 79.9. The minimum Gasteiger partial charge on any atom is -0.309 e. The van der Waals surface area contributed by atoms with Gasteiger partial charge in [-0.1, -0.05) is 12.1 Å². The summed E-state index contributed by atoms with van der Waals surface area (Å²) in [6.45, 7) is 7.10. The first-order valence-electron chi connectivity index (χ1n) is 6.65. The van der Waals surface area contributed by atoms with Crippen LogP contribution in [0.3, 0.4) is 0 Å². The molecule has 20 heavy (non-hydrogen) atoms. The molecule has 0 saturated carbocycles. The van der Waals surface area contributed by atoms with Gasteiger partial charge in [-0.15, -0.1) is 5.10 Å². The number of rotatable bonds is 5. The zero-order valence-electron chi connectivity index (χ0n) is 11.8. The van der Waals surface area contributed by atoms with E-state index in [4.69, 9.17) is 0 Å². The highest BCUT2D eigenvalue weighted by Gasteiger charge is 2.16. The highest BCUT2D eigenvalue weighted by molar-refractivity contribution is 9.10. The maximum Gasteiger partial charge on any atom is 0.137 e.